The molecule has 2 aromatic carbocycles. The van der Waals surface area contributed by atoms with Crippen molar-refractivity contribution in [2.24, 2.45) is 0 Å². The summed E-state index contributed by atoms with van der Waals surface area (Å²) in [5.41, 5.74) is 4.02. The zero-order chi connectivity index (χ0) is 29.9. The standard InChI is InChI=1S/C31H33FN8O3/c1-20-16-22(6-9-25(20)39-14-12-38(2)13-15-39)34-31-33-17-24(32)29(37-31)35-27-11-10-26-30(36-27)40(28(41)19-43-26)18-21-4-7-23(42-3)8-5-21/h4-11,16-17H,12-15,18-19H2,1-3H3,(H2,33,34,35,36,37). The Morgan fingerprint density at radius 3 is 2.53 bits per heavy atom. The SMILES string of the molecule is COc1ccc(CN2C(=O)COc3ccc(Nc4nc(Nc5ccc(N6CCN(C)CC6)c(C)c5)ncc4F)nc32)cc1. The number of ether oxygens (including phenoxy) is 2. The van der Waals surface area contributed by atoms with Crippen LogP contribution in [0.2, 0.25) is 0 Å². The van der Waals surface area contributed by atoms with Gasteiger partial charge < -0.3 is 29.9 Å². The molecule has 0 aliphatic carbocycles. The Balaban J connectivity index is 1.19. The van der Waals surface area contributed by atoms with E-state index < -0.39 is 5.82 Å². The van der Waals surface area contributed by atoms with E-state index in [0.29, 0.717) is 23.9 Å². The summed E-state index contributed by atoms with van der Waals surface area (Å²) in [6.07, 6.45) is 1.10. The first kappa shape index (κ1) is 28.2. The van der Waals surface area contributed by atoms with Gasteiger partial charge in [0.15, 0.2) is 29.8 Å². The number of rotatable bonds is 8. The summed E-state index contributed by atoms with van der Waals surface area (Å²) in [6.45, 7) is 6.30. The van der Waals surface area contributed by atoms with Gasteiger partial charge in [0.25, 0.3) is 5.91 Å². The molecule has 4 aromatic rings. The van der Waals surface area contributed by atoms with Crippen molar-refractivity contribution in [2.75, 3.05) is 67.4 Å². The minimum absolute atomic E-state index is 0.0551. The molecule has 11 nitrogen and oxygen atoms in total. The highest BCUT2D eigenvalue weighted by molar-refractivity contribution is 5.96. The molecular formula is C31H33FN8O3. The number of aromatic nitrogens is 3. The number of fused-ring (bicyclic) bond motifs is 1. The number of piperazine rings is 1. The quantitative estimate of drug-likeness (QED) is 0.308. The smallest absolute Gasteiger partial charge is 0.266 e. The van der Waals surface area contributed by atoms with Crippen molar-refractivity contribution in [3.63, 3.8) is 0 Å². The predicted octanol–water partition coefficient (Wildman–Crippen LogP) is 4.49. The first-order valence-corrected chi connectivity index (χ1v) is 14.0. The zero-order valence-electron chi connectivity index (χ0n) is 24.3. The van der Waals surface area contributed by atoms with Crippen LogP contribution in [0, 0.1) is 12.7 Å². The first-order chi connectivity index (χ1) is 20.9. The molecule has 2 aromatic heterocycles. The number of nitrogens with one attached hydrogen (secondary N) is 2. The molecule has 0 spiro atoms. The molecule has 2 aliphatic heterocycles. The Morgan fingerprint density at radius 1 is 1.00 bits per heavy atom. The van der Waals surface area contributed by atoms with Gasteiger partial charge in [-0.1, -0.05) is 12.1 Å². The Bertz CT molecular complexity index is 1630. The Kier molecular flexibility index (Phi) is 7.93. The van der Waals surface area contributed by atoms with Crippen molar-refractivity contribution in [3.8, 4) is 11.5 Å². The molecule has 0 unspecified atom stereocenters. The fourth-order valence-corrected chi connectivity index (χ4v) is 5.12. The van der Waals surface area contributed by atoms with Crippen LogP contribution in [0.5, 0.6) is 11.5 Å². The minimum Gasteiger partial charge on any atom is -0.497 e. The van der Waals surface area contributed by atoms with Crippen molar-refractivity contribution in [1.82, 2.24) is 19.9 Å². The van der Waals surface area contributed by atoms with Crippen molar-refractivity contribution < 1.29 is 18.7 Å². The van der Waals surface area contributed by atoms with Crippen LogP contribution in [-0.4, -0.2) is 72.7 Å². The van der Waals surface area contributed by atoms with Crippen molar-refractivity contribution in [3.05, 3.63) is 77.7 Å². The van der Waals surface area contributed by atoms with E-state index >= 15 is 0 Å². The van der Waals surface area contributed by atoms with E-state index in [0.717, 1.165) is 54.9 Å². The molecule has 0 bridgehead atoms. The highest BCUT2D eigenvalue weighted by Crippen LogP contribution is 2.34. The van der Waals surface area contributed by atoms with E-state index in [1.807, 2.05) is 36.4 Å². The van der Waals surface area contributed by atoms with Gasteiger partial charge in [-0.3, -0.25) is 9.69 Å². The molecule has 6 rings (SSSR count). The van der Waals surface area contributed by atoms with Gasteiger partial charge in [0, 0.05) is 37.6 Å². The maximum Gasteiger partial charge on any atom is 0.266 e. The van der Waals surface area contributed by atoms with Crippen molar-refractivity contribution in [2.45, 2.75) is 13.5 Å². The van der Waals surface area contributed by atoms with Gasteiger partial charge in [-0.25, -0.2) is 14.4 Å². The number of carbonyl (C=O) groups excluding carboxylic acids is 1. The lowest BCUT2D eigenvalue weighted by Crippen LogP contribution is -2.44. The summed E-state index contributed by atoms with van der Waals surface area (Å²) in [5, 5.41) is 6.11. The number of pyridine rings is 1. The second-order valence-electron chi connectivity index (χ2n) is 10.6. The highest BCUT2D eigenvalue weighted by atomic mass is 19.1. The second-order valence-corrected chi connectivity index (χ2v) is 10.6. The molecule has 0 saturated carbocycles. The molecule has 12 heteroatoms. The molecule has 2 aliphatic rings. The number of hydrogen-bond donors (Lipinski definition) is 2. The third-order valence-electron chi connectivity index (χ3n) is 7.53. The summed E-state index contributed by atoms with van der Waals surface area (Å²) in [4.78, 5) is 32.1. The Hall–Kier alpha value is -4.97. The van der Waals surface area contributed by atoms with E-state index in [4.69, 9.17) is 9.47 Å². The van der Waals surface area contributed by atoms with Gasteiger partial charge in [0.1, 0.15) is 11.6 Å². The number of hydrogen-bond acceptors (Lipinski definition) is 10. The average molecular weight is 585 g/mol. The monoisotopic (exact) mass is 584 g/mol. The summed E-state index contributed by atoms with van der Waals surface area (Å²) in [5.74, 6) is 1.11. The van der Waals surface area contributed by atoms with Crippen LogP contribution >= 0.6 is 0 Å². The fourth-order valence-electron chi connectivity index (χ4n) is 5.12. The zero-order valence-corrected chi connectivity index (χ0v) is 24.3. The number of benzene rings is 2. The van der Waals surface area contributed by atoms with Crippen LogP contribution < -0.4 is 29.9 Å². The number of aryl methyl sites for hydroxylation is 1. The lowest BCUT2D eigenvalue weighted by molar-refractivity contribution is -0.121. The van der Waals surface area contributed by atoms with Gasteiger partial charge in [0.2, 0.25) is 5.95 Å². The molecule has 1 saturated heterocycles. The van der Waals surface area contributed by atoms with Gasteiger partial charge in [0.05, 0.1) is 19.9 Å². The molecule has 1 amide bonds. The van der Waals surface area contributed by atoms with Crippen LogP contribution in [0.15, 0.2) is 60.8 Å². The third-order valence-corrected chi connectivity index (χ3v) is 7.53. The topological polar surface area (TPSA) is 108 Å². The second kappa shape index (κ2) is 12.1. The number of likely N-dealkylation sites (N-methyl/N-ethyl adjacent to an activating group) is 1. The highest BCUT2D eigenvalue weighted by Gasteiger charge is 2.28. The number of nitrogens with zero attached hydrogens (tertiary/aromatic N) is 6. The van der Waals surface area contributed by atoms with Crippen molar-refractivity contribution >= 4 is 40.7 Å². The molecular weight excluding hydrogens is 551 g/mol. The minimum atomic E-state index is -0.644. The third kappa shape index (κ3) is 6.28. The maximum absolute atomic E-state index is 14.8. The summed E-state index contributed by atoms with van der Waals surface area (Å²) in [7, 11) is 3.74. The molecule has 2 N–H and O–H groups in total. The van der Waals surface area contributed by atoms with E-state index in [-0.39, 0.29) is 24.3 Å². The number of methoxy groups -OCH3 is 1. The lowest BCUT2D eigenvalue weighted by atomic mass is 10.1. The molecule has 0 atom stereocenters. The molecule has 4 heterocycles. The van der Waals surface area contributed by atoms with E-state index in [1.165, 1.54) is 5.69 Å². The fraction of sp³-hybridized carbons (Fsp3) is 0.290. The molecule has 222 valence electrons. The van der Waals surface area contributed by atoms with E-state index in [1.54, 1.807) is 24.1 Å². The normalized spacial score (nSPS) is 15.1. The molecule has 0 radical (unpaired) electrons. The molecule has 1 fully saturated rings. The first-order valence-electron chi connectivity index (χ1n) is 14.0. The van der Waals surface area contributed by atoms with Crippen LogP contribution in [0.25, 0.3) is 0 Å². The maximum atomic E-state index is 14.8. The van der Waals surface area contributed by atoms with Crippen molar-refractivity contribution in [1.29, 1.82) is 0 Å². The number of anilines is 6. The van der Waals surface area contributed by atoms with Crippen LogP contribution in [-0.2, 0) is 11.3 Å². The molecule has 43 heavy (non-hydrogen) atoms. The lowest BCUT2D eigenvalue weighted by Gasteiger charge is -2.35. The van der Waals surface area contributed by atoms with Gasteiger partial charge in [-0.2, -0.15) is 4.98 Å². The van der Waals surface area contributed by atoms with E-state index in [9.17, 15) is 9.18 Å². The van der Waals surface area contributed by atoms with Crippen LogP contribution in [0.3, 0.4) is 0 Å². The Labute approximate surface area is 249 Å². The number of carbonyl (C=O) groups is 1. The number of amides is 1. The largest absolute Gasteiger partial charge is 0.497 e. The van der Waals surface area contributed by atoms with Crippen LogP contribution in [0.4, 0.5) is 39.2 Å². The summed E-state index contributed by atoms with van der Waals surface area (Å²) >= 11 is 0. The summed E-state index contributed by atoms with van der Waals surface area (Å²) < 4.78 is 25.6. The Morgan fingerprint density at radius 2 is 1.79 bits per heavy atom. The van der Waals surface area contributed by atoms with Gasteiger partial charge >= 0.3 is 0 Å². The van der Waals surface area contributed by atoms with Crippen LogP contribution in [0.1, 0.15) is 11.1 Å². The van der Waals surface area contributed by atoms with Gasteiger partial charge in [-0.05, 0) is 67.6 Å². The predicted molar refractivity (Wildman–Crippen MR) is 163 cm³/mol. The summed E-state index contributed by atoms with van der Waals surface area (Å²) in [6, 6.07) is 16.9. The van der Waals surface area contributed by atoms with E-state index in [2.05, 4.69) is 55.4 Å². The average Bonchev–Trinajstić information content (AvgIpc) is 3.01. The van der Waals surface area contributed by atoms with Gasteiger partial charge in [-0.15, -0.1) is 0 Å². The number of halogens is 1.